The topological polar surface area (TPSA) is 58.0 Å². The molecule has 0 bridgehead atoms. The monoisotopic (exact) mass is 219 g/mol. The van der Waals surface area contributed by atoms with Crippen LogP contribution < -0.4 is 5.32 Å². The number of hydrogen-bond donors (Lipinski definition) is 2. The molecule has 0 aliphatic carbocycles. The van der Waals surface area contributed by atoms with E-state index in [-0.39, 0.29) is 23.9 Å². The predicted molar refractivity (Wildman–Crippen MR) is 53.8 cm³/mol. The first kappa shape index (κ1) is 11.3. The smallest absolute Gasteiger partial charge is 0.268 e. The number of hydrogen-bond acceptors (Lipinski definition) is 5. The highest BCUT2D eigenvalue weighted by Crippen LogP contribution is 2.23. The van der Waals surface area contributed by atoms with Crippen LogP contribution in [0.15, 0.2) is 0 Å². The summed E-state index contributed by atoms with van der Waals surface area (Å²) in [5.74, 6) is -0.498. The number of anilines is 1. The minimum absolute atomic E-state index is 0.0690. The number of nitrogens with zero attached hydrogens (tertiary/aromatic N) is 2. The summed E-state index contributed by atoms with van der Waals surface area (Å²) in [6.45, 7) is 5.80. The first-order valence-corrected chi connectivity index (χ1v) is 5.03. The van der Waals surface area contributed by atoms with Crippen LogP contribution in [0.5, 0.6) is 0 Å². The van der Waals surface area contributed by atoms with Crippen molar-refractivity contribution in [2.45, 2.75) is 26.8 Å². The van der Waals surface area contributed by atoms with E-state index in [2.05, 4.69) is 14.1 Å². The van der Waals surface area contributed by atoms with Crippen molar-refractivity contribution in [3.63, 3.8) is 0 Å². The second-order valence-corrected chi connectivity index (χ2v) is 4.68. The fourth-order valence-electron chi connectivity index (χ4n) is 0.965. The van der Waals surface area contributed by atoms with E-state index in [1.807, 2.05) is 20.8 Å². The van der Waals surface area contributed by atoms with Gasteiger partial charge in [0.15, 0.2) is 5.82 Å². The zero-order chi connectivity index (χ0) is 10.8. The van der Waals surface area contributed by atoms with Gasteiger partial charge in [-0.15, -0.1) is 4.37 Å². The molecule has 1 aromatic rings. The lowest BCUT2D eigenvalue weighted by Gasteiger charge is -2.29. The van der Waals surface area contributed by atoms with E-state index in [4.69, 9.17) is 5.11 Å². The van der Waals surface area contributed by atoms with Crippen LogP contribution in [0.3, 0.4) is 0 Å². The van der Waals surface area contributed by atoms with E-state index in [9.17, 15) is 4.39 Å². The highest BCUT2D eigenvalue weighted by molar-refractivity contribution is 6.99. The molecule has 4 nitrogen and oxygen atoms in total. The Labute approximate surface area is 86.5 Å². The largest absolute Gasteiger partial charge is 0.394 e. The van der Waals surface area contributed by atoms with Gasteiger partial charge in [-0.05, 0) is 5.41 Å². The molecule has 0 radical (unpaired) electrons. The number of nitrogens with one attached hydrogen (secondary N) is 1. The summed E-state index contributed by atoms with van der Waals surface area (Å²) in [7, 11) is 0. The van der Waals surface area contributed by atoms with Crippen molar-refractivity contribution in [2.75, 3.05) is 11.9 Å². The van der Waals surface area contributed by atoms with Gasteiger partial charge in [0.1, 0.15) is 0 Å². The van der Waals surface area contributed by atoms with E-state index >= 15 is 0 Å². The van der Waals surface area contributed by atoms with Crippen molar-refractivity contribution < 1.29 is 9.50 Å². The first-order chi connectivity index (χ1) is 6.45. The minimum atomic E-state index is -0.613. The molecule has 1 rings (SSSR count). The van der Waals surface area contributed by atoms with Crippen molar-refractivity contribution in [2.24, 2.45) is 5.41 Å². The van der Waals surface area contributed by atoms with Crippen LogP contribution in [0.2, 0.25) is 0 Å². The summed E-state index contributed by atoms with van der Waals surface area (Å²) in [6, 6.07) is -0.235. The minimum Gasteiger partial charge on any atom is -0.394 e. The second kappa shape index (κ2) is 4.18. The van der Waals surface area contributed by atoms with Crippen LogP contribution in [0, 0.1) is 11.4 Å². The van der Waals surface area contributed by atoms with Crippen molar-refractivity contribution in [1.29, 1.82) is 0 Å². The molecule has 0 saturated heterocycles. The molecule has 0 unspecified atom stereocenters. The zero-order valence-corrected chi connectivity index (χ0v) is 9.23. The first-order valence-electron chi connectivity index (χ1n) is 4.30. The maximum atomic E-state index is 12.9. The Kier molecular flexibility index (Phi) is 3.38. The molecule has 80 valence electrons. The van der Waals surface area contributed by atoms with Crippen molar-refractivity contribution in [1.82, 2.24) is 8.75 Å². The molecule has 1 heterocycles. The maximum absolute atomic E-state index is 12.9. The highest BCUT2D eigenvalue weighted by Gasteiger charge is 2.25. The van der Waals surface area contributed by atoms with Crippen LogP contribution in [0.4, 0.5) is 10.2 Å². The summed E-state index contributed by atoms with van der Waals surface area (Å²) >= 11 is 0.810. The Morgan fingerprint density at radius 1 is 1.50 bits per heavy atom. The summed E-state index contributed by atoms with van der Waals surface area (Å²) in [5.41, 5.74) is -0.162. The van der Waals surface area contributed by atoms with Crippen LogP contribution in [-0.2, 0) is 0 Å². The Hall–Kier alpha value is -0.750. The normalized spacial score (nSPS) is 14.1. The van der Waals surface area contributed by atoms with E-state index in [0.717, 1.165) is 11.7 Å². The third-order valence-corrected chi connectivity index (χ3v) is 2.49. The van der Waals surface area contributed by atoms with Crippen molar-refractivity contribution in [3.8, 4) is 0 Å². The molecule has 6 heteroatoms. The Morgan fingerprint density at radius 3 is 2.50 bits per heavy atom. The quantitative estimate of drug-likeness (QED) is 0.808. The number of aliphatic hydroxyl groups excluding tert-OH is 1. The van der Waals surface area contributed by atoms with Gasteiger partial charge in [0, 0.05) is 0 Å². The lowest BCUT2D eigenvalue weighted by molar-refractivity contribution is 0.201. The average Bonchev–Trinajstić information content (AvgIpc) is 2.45. The van der Waals surface area contributed by atoms with Crippen molar-refractivity contribution >= 4 is 17.5 Å². The van der Waals surface area contributed by atoms with Gasteiger partial charge in [-0.25, -0.2) is 0 Å². The molecule has 0 aliphatic rings. The molecular weight excluding hydrogens is 205 g/mol. The lowest BCUT2D eigenvalue weighted by atomic mass is 9.87. The van der Waals surface area contributed by atoms with Crippen LogP contribution in [0.25, 0.3) is 0 Å². The molecule has 14 heavy (non-hydrogen) atoms. The van der Waals surface area contributed by atoms with Gasteiger partial charge in [-0.1, -0.05) is 20.8 Å². The van der Waals surface area contributed by atoms with Gasteiger partial charge in [-0.2, -0.15) is 8.76 Å². The molecule has 0 aromatic carbocycles. The second-order valence-electron chi connectivity index (χ2n) is 4.15. The van der Waals surface area contributed by atoms with Gasteiger partial charge < -0.3 is 10.4 Å². The Balaban J connectivity index is 2.71. The molecule has 0 amide bonds. The molecule has 0 spiro atoms. The predicted octanol–water partition coefficient (Wildman–Crippen LogP) is 1.50. The summed E-state index contributed by atoms with van der Waals surface area (Å²) in [6.07, 6.45) is 0. The van der Waals surface area contributed by atoms with Gasteiger partial charge in [0.05, 0.1) is 24.4 Å². The zero-order valence-electron chi connectivity index (χ0n) is 8.41. The fraction of sp³-hybridized carbons (Fsp3) is 0.750. The number of aliphatic hydroxyl groups is 1. The van der Waals surface area contributed by atoms with Gasteiger partial charge in [-0.3, -0.25) is 0 Å². The highest BCUT2D eigenvalue weighted by atomic mass is 32.1. The van der Waals surface area contributed by atoms with E-state index in [1.54, 1.807) is 0 Å². The maximum Gasteiger partial charge on any atom is 0.268 e. The molecular formula is C8H14FN3OS. The Bertz CT molecular complexity index is 297. The Morgan fingerprint density at radius 2 is 2.14 bits per heavy atom. The van der Waals surface area contributed by atoms with E-state index in [0.29, 0.717) is 0 Å². The molecule has 1 atom stereocenters. The summed E-state index contributed by atoms with van der Waals surface area (Å²) < 4.78 is 20.1. The summed E-state index contributed by atoms with van der Waals surface area (Å²) in [5, 5.41) is 12.0. The van der Waals surface area contributed by atoms with Crippen LogP contribution in [-0.4, -0.2) is 26.5 Å². The third-order valence-electron chi connectivity index (χ3n) is 1.99. The van der Waals surface area contributed by atoms with Gasteiger partial charge >= 0.3 is 0 Å². The summed E-state index contributed by atoms with van der Waals surface area (Å²) in [4.78, 5) is 0. The molecule has 2 N–H and O–H groups in total. The van der Waals surface area contributed by atoms with Crippen LogP contribution in [0.1, 0.15) is 20.8 Å². The van der Waals surface area contributed by atoms with E-state index < -0.39 is 5.95 Å². The third kappa shape index (κ3) is 2.62. The van der Waals surface area contributed by atoms with Gasteiger partial charge in [0.25, 0.3) is 5.95 Å². The SMILES string of the molecule is CC(C)(C)[C@@H](CO)Nc1nsnc1F. The van der Waals surface area contributed by atoms with E-state index in [1.165, 1.54) is 0 Å². The number of rotatable bonds is 3. The van der Waals surface area contributed by atoms with Gasteiger partial charge in [0.2, 0.25) is 0 Å². The molecule has 0 aliphatic heterocycles. The fourth-order valence-corrected chi connectivity index (χ4v) is 1.37. The standard InChI is InChI=1S/C8H14FN3OS/c1-8(2,3)5(4-13)10-7-6(9)11-14-12-7/h5,13H,4H2,1-3H3,(H,10,12)/t5-/m1/s1. The number of halogens is 1. The average molecular weight is 219 g/mol. The van der Waals surface area contributed by atoms with Crippen molar-refractivity contribution in [3.05, 3.63) is 5.95 Å². The molecule has 0 saturated carbocycles. The molecule has 0 fully saturated rings. The number of aromatic nitrogens is 2. The lowest BCUT2D eigenvalue weighted by Crippen LogP contribution is -2.37. The molecule has 1 aromatic heterocycles. The van der Waals surface area contributed by atoms with Crippen LogP contribution >= 0.6 is 11.7 Å².